The molecule has 0 aliphatic rings. The molecule has 0 fully saturated rings. The minimum atomic E-state index is 0.757. The second-order valence-corrected chi connectivity index (χ2v) is 7.01. The van der Waals surface area contributed by atoms with E-state index in [9.17, 15) is 0 Å². The largest absolute Gasteiger partial charge is 0.357 e. The second-order valence-electron chi connectivity index (χ2n) is 5.72. The van der Waals surface area contributed by atoms with Crippen LogP contribution in [0.4, 0.5) is 0 Å². The lowest BCUT2D eigenvalue weighted by atomic mass is 10.1. The molecular weight excluding hydrogens is 280 g/mol. The van der Waals surface area contributed by atoms with E-state index in [0.717, 1.165) is 50.0 Å². The summed E-state index contributed by atoms with van der Waals surface area (Å²) >= 11 is 1.79. The van der Waals surface area contributed by atoms with Crippen molar-refractivity contribution in [3.8, 4) is 0 Å². The minimum Gasteiger partial charge on any atom is -0.357 e. The minimum absolute atomic E-state index is 0.757. The van der Waals surface area contributed by atoms with E-state index in [1.807, 2.05) is 0 Å². The third-order valence-corrected chi connectivity index (χ3v) is 4.39. The number of aryl methyl sites for hydroxylation is 2. The standard InChI is InChI=1S/C16H30N4S/c1-6-17-16(18-10-7-8-12(2)3)19-11-9-15-20-13(4)14(5)21-15/h12H,6-11H2,1-5H3,(H2,17,18,19). The number of nitrogens with one attached hydrogen (secondary N) is 2. The van der Waals surface area contributed by atoms with Gasteiger partial charge >= 0.3 is 0 Å². The highest BCUT2D eigenvalue weighted by Gasteiger charge is 2.04. The summed E-state index contributed by atoms with van der Waals surface area (Å²) in [5.41, 5.74) is 1.16. The van der Waals surface area contributed by atoms with Crippen LogP contribution >= 0.6 is 11.3 Å². The lowest BCUT2D eigenvalue weighted by Gasteiger charge is -2.10. The molecule has 1 rings (SSSR count). The first-order valence-electron chi connectivity index (χ1n) is 7.98. The van der Waals surface area contributed by atoms with Gasteiger partial charge in [-0.05, 0) is 39.5 Å². The quantitative estimate of drug-likeness (QED) is 0.440. The summed E-state index contributed by atoms with van der Waals surface area (Å²) in [6.07, 6.45) is 3.34. The highest BCUT2D eigenvalue weighted by molar-refractivity contribution is 7.11. The van der Waals surface area contributed by atoms with Crippen LogP contribution in [0.2, 0.25) is 0 Å². The molecule has 21 heavy (non-hydrogen) atoms. The van der Waals surface area contributed by atoms with Gasteiger partial charge in [0, 0.05) is 30.9 Å². The van der Waals surface area contributed by atoms with Crippen molar-refractivity contribution >= 4 is 17.3 Å². The molecule has 0 bridgehead atoms. The zero-order valence-corrected chi connectivity index (χ0v) is 14.9. The summed E-state index contributed by atoms with van der Waals surface area (Å²) in [5.74, 6) is 1.68. The Kier molecular flexibility index (Phi) is 8.35. The van der Waals surface area contributed by atoms with Crippen LogP contribution in [-0.2, 0) is 6.42 Å². The van der Waals surface area contributed by atoms with Crippen molar-refractivity contribution in [2.75, 3.05) is 19.6 Å². The molecule has 0 aliphatic heterocycles. The van der Waals surface area contributed by atoms with Crippen LogP contribution in [0, 0.1) is 19.8 Å². The van der Waals surface area contributed by atoms with Crippen LogP contribution in [-0.4, -0.2) is 30.6 Å². The third-order valence-electron chi connectivity index (χ3n) is 3.26. The normalized spacial score (nSPS) is 12.0. The first-order valence-corrected chi connectivity index (χ1v) is 8.79. The van der Waals surface area contributed by atoms with E-state index in [1.165, 1.54) is 16.3 Å². The first-order chi connectivity index (χ1) is 10.0. The summed E-state index contributed by atoms with van der Waals surface area (Å²) < 4.78 is 0. The van der Waals surface area contributed by atoms with E-state index in [1.54, 1.807) is 11.3 Å². The average molecular weight is 311 g/mol. The molecule has 1 aromatic rings. The maximum atomic E-state index is 4.62. The maximum absolute atomic E-state index is 4.62. The second kappa shape index (κ2) is 9.77. The smallest absolute Gasteiger partial charge is 0.191 e. The molecule has 0 unspecified atom stereocenters. The molecule has 0 aromatic carbocycles. The zero-order chi connectivity index (χ0) is 15.7. The number of rotatable bonds is 8. The molecule has 5 heteroatoms. The fraction of sp³-hybridized carbons (Fsp3) is 0.750. The van der Waals surface area contributed by atoms with Crippen molar-refractivity contribution in [1.29, 1.82) is 0 Å². The van der Waals surface area contributed by atoms with Gasteiger partial charge in [0.25, 0.3) is 0 Å². The number of aromatic nitrogens is 1. The molecule has 0 saturated heterocycles. The summed E-state index contributed by atoms with van der Waals surface area (Å²) in [4.78, 5) is 10.5. The number of nitrogens with zero attached hydrogens (tertiary/aromatic N) is 2. The fourth-order valence-electron chi connectivity index (χ4n) is 1.97. The van der Waals surface area contributed by atoms with Crippen LogP contribution in [0.15, 0.2) is 4.99 Å². The van der Waals surface area contributed by atoms with Crippen molar-refractivity contribution in [2.24, 2.45) is 10.9 Å². The van der Waals surface area contributed by atoms with E-state index in [0.29, 0.717) is 0 Å². The van der Waals surface area contributed by atoms with Crippen molar-refractivity contribution < 1.29 is 0 Å². The van der Waals surface area contributed by atoms with Gasteiger partial charge in [0.05, 0.1) is 10.7 Å². The number of hydrogen-bond acceptors (Lipinski definition) is 3. The number of guanidine groups is 1. The molecule has 0 saturated carbocycles. The Labute approximate surface area is 133 Å². The predicted octanol–water partition coefficient (Wildman–Crippen LogP) is 3.29. The van der Waals surface area contributed by atoms with Crippen LogP contribution in [0.1, 0.15) is 49.2 Å². The molecule has 0 atom stereocenters. The van der Waals surface area contributed by atoms with E-state index < -0.39 is 0 Å². The molecule has 4 nitrogen and oxygen atoms in total. The molecule has 1 aromatic heterocycles. The van der Waals surface area contributed by atoms with Gasteiger partial charge in [-0.1, -0.05) is 13.8 Å². The Morgan fingerprint density at radius 2 is 2.05 bits per heavy atom. The van der Waals surface area contributed by atoms with Crippen molar-refractivity contribution in [2.45, 2.75) is 53.9 Å². The maximum Gasteiger partial charge on any atom is 0.191 e. The summed E-state index contributed by atoms with van der Waals surface area (Å²) in [6.45, 7) is 13.5. The number of aliphatic imine (C=N–C) groups is 1. The Hall–Kier alpha value is -1.10. The van der Waals surface area contributed by atoms with Crippen molar-refractivity contribution in [3.63, 3.8) is 0 Å². The van der Waals surface area contributed by atoms with E-state index in [-0.39, 0.29) is 0 Å². The van der Waals surface area contributed by atoms with Gasteiger partial charge in [-0.3, -0.25) is 4.99 Å². The number of thiazole rings is 1. The van der Waals surface area contributed by atoms with Crippen LogP contribution in [0.3, 0.4) is 0 Å². The van der Waals surface area contributed by atoms with E-state index in [4.69, 9.17) is 0 Å². The molecule has 0 spiro atoms. The summed E-state index contributed by atoms with van der Waals surface area (Å²) in [7, 11) is 0. The summed E-state index contributed by atoms with van der Waals surface area (Å²) in [6, 6.07) is 0. The monoisotopic (exact) mass is 310 g/mol. The highest BCUT2D eigenvalue weighted by Crippen LogP contribution is 2.16. The van der Waals surface area contributed by atoms with Gasteiger partial charge < -0.3 is 10.6 Å². The van der Waals surface area contributed by atoms with Gasteiger partial charge in [0.2, 0.25) is 0 Å². The molecule has 0 amide bonds. The van der Waals surface area contributed by atoms with Gasteiger partial charge in [-0.25, -0.2) is 4.98 Å². The van der Waals surface area contributed by atoms with Gasteiger partial charge in [0.15, 0.2) is 5.96 Å². The SMILES string of the molecule is CCNC(=NCCCC(C)C)NCCc1nc(C)c(C)s1. The topological polar surface area (TPSA) is 49.3 Å². The first kappa shape index (κ1) is 18.0. The Morgan fingerprint density at radius 3 is 2.62 bits per heavy atom. The van der Waals surface area contributed by atoms with E-state index in [2.05, 4.69) is 55.2 Å². The van der Waals surface area contributed by atoms with Crippen LogP contribution < -0.4 is 10.6 Å². The molecular formula is C16H30N4S. The molecule has 0 aliphatic carbocycles. The lowest BCUT2D eigenvalue weighted by Crippen LogP contribution is -2.38. The Balaban J connectivity index is 2.34. The zero-order valence-electron chi connectivity index (χ0n) is 14.1. The van der Waals surface area contributed by atoms with Crippen molar-refractivity contribution in [3.05, 3.63) is 15.6 Å². The average Bonchev–Trinajstić information content (AvgIpc) is 2.73. The molecule has 0 radical (unpaired) electrons. The number of hydrogen-bond donors (Lipinski definition) is 2. The van der Waals surface area contributed by atoms with Gasteiger partial charge in [-0.15, -0.1) is 11.3 Å². The highest BCUT2D eigenvalue weighted by atomic mass is 32.1. The third kappa shape index (κ3) is 7.46. The molecule has 1 heterocycles. The molecule has 120 valence electrons. The van der Waals surface area contributed by atoms with Crippen LogP contribution in [0.25, 0.3) is 0 Å². The van der Waals surface area contributed by atoms with Gasteiger partial charge in [-0.2, -0.15) is 0 Å². The van der Waals surface area contributed by atoms with Gasteiger partial charge in [0.1, 0.15) is 0 Å². The fourth-order valence-corrected chi connectivity index (χ4v) is 2.90. The predicted molar refractivity (Wildman–Crippen MR) is 93.3 cm³/mol. The lowest BCUT2D eigenvalue weighted by molar-refractivity contribution is 0.560. The summed E-state index contributed by atoms with van der Waals surface area (Å²) in [5, 5.41) is 7.89. The van der Waals surface area contributed by atoms with Crippen molar-refractivity contribution in [1.82, 2.24) is 15.6 Å². The molecule has 2 N–H and O–H groups in total. The Bertz CT molecular complexity index is 418. The van der Waals surface area contributed by atoms with Crippen LogP contribution in [0.5, 0.6) is 0 Å². The Morgan fingerprint density at radius 1 is 1.29 bits per heavy atom. The van der Waals surface area contributed by atoms with E-state index >= 15 is 0 Å².